The van der Waals surface area contributed by atoms with Crippen LogP contribution in [0, 0.1) is 11.7 Å². The van der Waals surface area contributed by atoms with Crippen LogP contribution in [0.4, 0.5) is 23.4 Å². The quantitative estimate of drug-likeness (QED) is 0.221. The van der Waals surface area contributed by atoms with Gasteiger partial charge in [-0.3, -0.25) is 9.69 Å². The SMILES string of the molecule is CC(C)c1cc(F)c(C(F)(F)F)c(C(C(=O)O)N2CCC(CN(C)CCCCCc3ccc4c(n3)NCCC4)C2)c1. The predicted octanol–water partition coefficient (Wildman–Crippen LogP) is 6.51. The highest BCUT2D eigenvalue weighted by Gasteiger charge is 2.43. The van der Waals surface area contributed by atoms with Crippen LogP contribution < -0.4 is 5.32 Å². The number of halogens is 4. The fraction of sp³-hybridized carbons (Fsp3) is 0.613. The van der Waals surface area contributed by atoms with Crippen LogP contribution >= 0.6 is 0 Å². The zero-order valence-electron chi connectivity index (χ0n) is 24.2. The number of nitrogens with one attached hydrogen (secondary N) is 1. The summed E-state index contributed by atoms with van der Waals surface area (Å²) < 4.78 is 56.3. The summed E-state index contributed by atoms with van der Waals surface area (Å²) >= 11 is 0. The second-order valence-electron chi connectivity index (χ2n) is 11.9. The molecule has 2 aromatic rings. The number of aromatic nitrogens is 1. The predicted molar refractivity (Wildman–Crippen MR) is 152 cm³/mol. The van der Waals surface area contributed by atoms with Crippen molar-refractivity contribution in [3.05, 3.63) is 58.0 Å². The largest absolute Gasteiger partial charge is 0.480 e. The molecule has 1 fully saturated rings. The molecule has 0 radical (unpaired) electrons. The maximum atomic E-state index is 14.7. The molecule has 0 bridgehead atoms. The van der Waals surface area contributed by atoms with Gasteiger partial charge in [0.05, 0.1) is 5.56 Å². The first-order valence-corrected chi connectivity index (χ1v) is 14.7. The van der Waals surface area contributed by atoms with Crippen LogP contribution in [0.5, 0.6) is 0 Å². The number of likely N-dealkylation sites (tertiary alicyclic amines) is 1. The molecule has 2 aliphatic heterocycles. The number of hydrogen-bond acceptors (Lipinski definition) is 5. The van der Waals surface area contributed by atoms with Crippen molar-refractivity contribution in [3.63, 3.8) is 0 Å². The second-order valence-corrected chi connectivity index (χ2v) is 11.9. The highest BCUT2D eigenvalue weighted by Crippen LogP contribution is 2.41. The highest BCUT2D eigenvalue weighted by atomic mass is 19.4. The fourth-order valence-electron chi connectivity index (χ4n) is 6.13. The van der Waals surface area contributed by atoms with E-state index in [1.807, 2.05) is 7.05 Å². The lowest BCUT2D eigenvalue weighted by atomic mass is 9.92. The summed E-state index contributed by atoms with van der Waals surface area (Å²) in [5, 5.41) is 13.4. The van der Waals surface area contributed by atoms with E-state index < -0.39 is 35.1 Å². The van der Waals surface area contributed by atoms with Gasteiger partial charge in [-0.15, -0.1) is 0 Å². The van der Waals surface area contributed by atoms with E-state index in [1.54, 1.807) is 18.7 Å². The van der Waals surface area contributed by atoms with Gasteiger partial charge in [0, 0.05) is 25.3 Å². The van der Waals surface area contributed by atoms with E-state index in [-0.39, 0.29) is 11.8 Å². The monoisotopic (exact) mass is 578 g/mol. The zero-order chi connectivity index (χ0) is 29.7. The van der Waals surface area contributed by atoms with Crippen LogP contribution in [0.15, 0.2) is 24.3 Å². The van der Waals surface area contributed by atoms with Gasteiger partial charge in [0.25, 0.3) is 0 Å². The molecule has 2 unspecified atom stereocenters. The van der Waals surface area contributed by atoms with Gasteiger partial charge >= 0.3 is 12.1 Å². The molecule has 2 N–H and O–H groups in total. The number of nitrogens with zero attached hydrogens (tertiary/aromatic N) is 3. The van der Waals surface area contributed by atoms with Crippen molar-refractivity contribution < 1.29 is 27.5 Å². The first-order valence-electron chi connectivity index (χ1n) is 14.7. The number of aliphatic carboxylic acids is 1. The summed E-state index contributed by atoms with van der Waals surface area (Å²) in [7, 11) is 2.03. The van der Waals surface area contributed by atoms with Gasteiger partial charge in [-0.2, -0.15) is 13.2 Å². The molecule has 0 aliphatic carbocycles. The minimum Gasteiger partial charge on any atom is -0.480 e. The van der Waals surface area contributed by atoms with Gasteiger partial charge in [0.2, 0.25) is 0 Å². The number of aryl methyl sites for hydroxylation is 2. The Labute approximate surface area is 240 Å². The average Bonchev–Trinajstić information content (AvgIpc) is 3.34. The number of pyridine rings is 1. The Morgan fingerprint density at radius 1 is 1.22 bits per heavy atom. The number of alkyl halides is 3. The minimum absolute atomic E-state index is 0.126. The van der Waals surface area contributed by atoms with Crippen molar-refractivity contribution >= 4 is 11.8 Å². The number of rotatable bonds is 12. The molecule has 226 valence electrons. The van der Waals surface area contributed by atoms with Gasteiger partial charge in [-0.05, 0) is 99.3 Å². The van der Waals surface area contributed by atoms with Gasteiger partial charge in [0.15, 0.2) is 0 Å². The molecule has 6 nitrogen and oxygen atoms in total. The van der Waals surface area contributed by atoms with Crippen molar-refractivity contribution in [3.8, 4) is 0 Å². The van der Waals surface area contributed by atoms with E-state index >= 15 is 0 Å². The molecule has 2 aliphatic rings. The summed E-state index contributed by atoms with van der Waals surface area (Å²) in [5.41, 5.74) is 0.770. The lowest BCUT2D eigenvalue weighted by Gasteiger charge is -2.28. The van der Waals surface area contributed by atoms with Gasteiger partial charge in [0.1, 0.15) is 17.7 Å². The molecule has 0 amide bonds. The second kappa shape index (κ2) is 13.5. The van der Waals surface area contributed by atoms with E-state index in [4.69, 9.17) is 4.98 Å². The molecule has 1 aromatic carbocycles. The molecule has 0 saturated carbocycles. The zero-order valence-corrected chi connectivity index (χ0v) is 24.2. The Balaban J connectivity index is 1.29. The number of hydrogen-bond donors (Lipinski definition) is 2. The van der Waals surface area contributed by atoms with E-state index in [1.165, 1.54) is 11.6 Å². The minimum atomic E-state index is -4.99. The fourth-order valence-corrected chi connectivity index (χ4v) is 6.13. The molecule has 41 heavy (non-hydrogen) atoms. The van der Waals surface area contributed by atoms with Crippen LogP contribution in [0.25, 0.3) is 0 Å². The molecule has 1 saturated heterocycles. The Kier molecular flexibility index (Phi) is 10.3. The van der Waals surface area contributed by atoms with E-state index in [0.29, 0.717) is 25.1 Å². The smallest absolute Gasteiger partial charge is 0.419 e. The number of benzene rings is 1. The Bertz CT molecular complexity index is 1200. The highest BCUT2D eigenvalue weighted by molar-refractivity contribution is 5.76. The first kappa shape index (κ1) is 31.2. The molecule has 1 aromatic heterocycles. The van der Waals surface area contributed by atoms with Crippen molar-refractivity contribution in [2.24, 2.45) is 5.92 Å². The summed E-state index contributed by atoms with van der Waals surface area (Å²) in [6.45, 7) is 6.78. The Morgan fingerprint density at radius 2 is 2.00 bits per heavy atom. The average molecular weight is 579 g/mol. The molecular weight excluding hydrogens is 536 g/mol. The number of carbonyl (C=O) groups is 1. The van der Waals surface area contributed by atoms with Crippen molar-refractivity contribution in [2.45, 2.75) is 76.9 Å². The molecular formula is C31H42F4N4O2. The Morgan fingerprint density at radius 3 is 2.71 bits per heavy atom. The summed E-state index contributed by atoms with van der Waals surface area (Å²) in [5.74, 6) is -1.90. The van der Waals surface area contributed by atoms with Gasteiger partial charge in [-0.1, -0.05) is 32.4 Å². The van der Waals surface area contributed by atoms with Crippen LogP contribution in [0.2, 0.25) is 0 Å². The topological polar surface area (TPSA) is 68.7 Å². The lowest BCUT2D eigenvalue weighted by Crippen LogP contribution is -2.35. The number of unbranched alkanes of at least 4 members (excludes halogenated alkanes) is 2. The Hall–Kier alpha value is -2.72. The number of carboxylic acids is 1. The van der Waals surface area contributed by atoms with Crippen LogP contribution in [-0.4, -0.2) is 65.6 Å². The molecule has 4 rings (SSSR count). The van der Waals surface area contributed by atoms with Crippen molar-refractivity contribution in [1.82, 2.24) is 14.8 Å². The molecule has 10 heteroatoms. The third kappa shape index (κ3) is 7.97. The molecule has 3 heterocycles. The maximum absolute atomic E-state index is 14.7. The molecule has 0 spiro atoms. The van der Waals surface area contributed by atoms with Crippen LogP contribution in [0.1, 0.15) is 85.9 Å². The van der Waals surface area contributed by atoms with E-state index in [2.05, 4.69) is 22.3 Å². The summed E-state index contributed by atoms with van der Waals surface area (Å²) in [4.78, 5) is 20.8. The number of fused-ring (bicyclic) bond motifs is 1. The van der Waals surface area contributed by atoms with Crippen molar-refractivity contribution in [2.75, 3.05) is 45.1 Å². The summed E-state index contributed by atoms with van der Waals surface area (Å²) in [6, 6.07) is 4.85. The third-order valence-corrected chi connectivity index (χ3v) is 8.30. The first-order chi connectivity index (χ1) is 19.4. The van der Waals surface area contributed by atoms with Gasteiger partial charge < -0.3 is 15.3 Å². The number of anilines is 1. The van der Waals surface area contributed by atoms with E-state index in [9.17, 15) is 27.5 Å². The van der Waals surface area contributed by atoms with E-state index in [0.717, 1.165) is 75.7 Å². The van der Waals surface area contributed by atoms with Crippen LogP contribution in [0.3, 0.4) is 0 Å². The lowest BCUT2D eigenvalue weighted by molar-refractivity contribution is -0.146. The van der Waals surface area contributed by atoms with Crippen LogP contribution in [-0.2, 0) is 23.8 Å². The standard InChI is InChI=1S/C31H42F4N4O2/c1-20(2)23-16-25(27(26(32)17-23)31(33,34)35)28(30(40)41)39-15-12-21(19-39)18-38(3)14-6-4-5-9-24-11-10-22-8-7-13-36-29(22)37-24/h10-11,16-17,20-21,28H,4-9,12-15,18-19H2,1-3H3,(H,36,37)(H,40,41). The van der Waals surface area contributed by atoms with Gasteiger partial charge in [-0.25, -0.2) is 9.37 Å². The normalized spacial score (nSPS) is 18.5. The third-order valence-electron chi connectivity index (χ3n) is 8.30. The van der Waals surface area contributed by atoms with Crippen molar-refractivity contribution in [1.29, 1.82) is 0 Å². The summed E-state index contributed by atoms with van der Waals surface area (Å²) in [6.07, 6.45) is 1.98. The number of carboxylic acid groups (broad SMARTS) is 1. The molecule has 2 atom stereocenters. The maximum Gasteiger partial charge on any atom is 0.419 e.